The van der Waals surface area contributed by atoms with E-state index in [1.165, 1.54) is 12.5 Å². The summed E-state index contributed by atoms with van der Waals surface area (Å²) in [6, 6.07) is 8.50. The SMILES string of the molecule is CCn1cc(-c2nc(-c3ccccn3)no2)c(=O)c2cc(F)c(N3CCCCC3)cc21. The molecule has 0 spiro atoms. The Hall–Kier alpha value is -3.55. The van der Waals surface area contributed by atoms with E-state index in [4.69, 9.17) is 4.52 Å². The Balaban J connectivity index is 1.63. The highest BCUT2D eigenvalue weighted by molar-refractivity contribution is 5.86. The van der Waals surface area contributed by atoms with E-state index in [2.05, 4.69) is 20.0 Å². The lowest BCUT2D eigenvalue weighted by atomic mass is 10.1. The van der Waals surface area contributed by atoms with Crippen molar-refractivity contribution < 1.29 is 8.91 Å². The minimum atomic E-state index is -0.383. The zero-order valence-electron chi connectivity index (χ0n) is 17.2. The molecule has 0 unspecified atom stereocenters. The van der Waals surface area contributed by atoms with Crippen LogP contribution in [0, 0.1) is 5.82 Å². The molecule has 0 amide bonds. The highest BCUT2D eigenvalue weighted by Gasteiger charge is 2.21. The molecular formula is C23H22FN5O2. The highest BCUT2D eigenvalue weighted by atomic mass is 19.1. The van der Waals surface area contributed by atoms with Gasteiger partial charge in [-0.15, -0.1) is 0 Å². The lowest BCUT2D eigenvalue weighted by molar-refractivity contribution is 0.431. The van der Waals surface area contributed by atoms with E-state index >= 15 is 4.39 Å². The maximum Gasteiger partial charge on any atom is 0.263 e. The summed E-state index contributed by atoms with van der Waals surface area (Å²) < 4.78 is 22.3. The summed E-state index contributed by atoms with van der Waals surface area (Å²) in [4.78, 5) is 23.9. The van der Waals surface area contributed by atoms with Crippen LogP contribution >= 0.6 is 0 Å². The highest BCUT2D eigenvalue weighted by Crippen LogP contribution is 2.29. The van der Waals surface area contributed by atoms with E-state index in [0.29, 0.717) is 34.7 Å². The average molecular weight is 419 g/mol. The second kappa shape index (κ2) is 7.94. The number of benzene rings is 1. The van der Waals surface area contributed by atoms with Crippen molar-refractivity contribution in [3.8, 4) is 23.0 Å². The van der Waals surface area contributed by atoms with Gasteiger partial charge in [-0.25, -0.2) is 4.39 Å². The zero-order valence-corrected chi connectivity index (χ0v) is 17.2. The monoisotopic (exact) mass is 419 g/mol. The van der Waals surface area contributed by atoms with Crippen molar-refractivity contribution >= 4 is 16.6 Å². The molecule has 1 aliphatic rings. The van der Waals surface area contributed by atoms with E-state index in [1.807, 2.05) is 17.6 Å². The van der Waals surface area contributed by atoms with Crippen LogP contribution in [-0.2, 0) is 6.54 Å². The Bertz CT molecular complexity index is 1290. The predicted molar refractivity (Wildman–Crippen MR) is 116 cm³/mol. The molecule has 7 nitrogen and oxygen atoms in total. The Morgan fingerprint density at radius 3 is 2.74 bits per heavy atom. The largest absolute Gasteiger partial charge is 0.369 e. The lowest BCUT2D eigenvalue weighted by Gasteiger charge is -2.29. The fourth-order valence-electron chi connectivity index (χ4n) is 4.12. The van der Waals surface area contributed by atoms with E-state index in [1.54, 1.807) is 30.6 Å². The number of halogens is 1. The van der Waals surface area contributed by atoms with Gasteiger partial charge in [0.05, 0.1) is 11.2 Å². The number of anilines is 1. The molecule has 4 heterocycles. The summed E-state index contributed by atoms with van der Waals surface area (Å²) in [5.41, 5.74) is 1.71. The number of nitrogens with zero attached hydrogens (tertiary/aromatic N) is 5. The normalized spacial score (nSPS) is 14.3. The van der Waals surface area contributed by atoms with Crippen LogP contribution in [-0.4, -0.2) is 32.8 Å². The summed E-state index contributed by atoms with van der Waals surface area (Å²) in [5.74, 6) is 0.00560. The van der Waals surface area contributed by atoms with Crippen LogP contribution < -0.4 is 10.3 Å². The third-order valence-corrected chi connectivity index (χ3v) is 5.74. The second-order valence-electron chi connectivity index (χ2n) is 7.66. The van der Waals surface area contributed by atoms with Crippen molar-refractivity contribution in [2.24, 2.45) is 0 Å². The number of aromatic nitrogens is 4. The molecule has 5 rings (SSSR count). The van der Waals surface area contributed by atoms with Gasteiger partial charge < -0.3 is 14.0 Å². The number of fused-ring (bicyclic) bond motifs is 1. The number of hydrogen-bond donors (Lipinski definition) is 0. The van der Waals surface area contributed by atoms with Crippen LogP contribution in [0.4, 0.5) is 10.1 Å². The van der Waals surface area contributed by atoms with Crippen LogP contribution in [0.2, 0.25) is 0 Å². The first-order valence-electron chi connectivity index (χ1n) is 10.5. The Morgan fingerprint density at radius 2 is 2.00 bits per heavy atom. The first-order valence-corrected chi connectivity index (χ1v) is 10.5. The minimum absolute atomic E-state index is 0.0928. The fourth-order valence-corrected chi connectivity index (χ4v) is 4.12. The number of aryl methyl sites for hydroxylation is 1. The van der Waals surface area contributed by atoms with Crippen molar-refractivity contribution in [3.05, 3.63) is 58.8 Å². The van der Waals surface area contributed by atoms with Crippen molar-refractivity contribution in [3.63, 3.8) is 0 Å². The smallest absolute Gasteiger partial charge is 0.263 e. The molecule has 0 aliphatic carbocycles. The molecule has 1 aromatic carbocycles. The Kier molecular flexibility index (Phi) is 4.97. The van der Waals surface area contributed by atoms with Gasteiger partial charge in [0.15, 0.2) is 0 Å². The van der Waals surface area contributed by atoms with Gasteiger partial charge in [-0.05, 0) is 50.5 Å². The van der Waals surface area contributed by atoms with Gasteiger partial charge in [0.25, 0.3) is 5.89 Å². The van der Waals surface area contributed by atoms with Gasteiger partial charge in [0.2, 0.25) is 11.3 Å². The van der Waals surface area contributed by atoms with E-state index in [0.717, 1.165) is 25.9 Å². The van der Waals surface area contributed by atoms with Crippen LogP contribution in [0.25, 0.3) is 33.9 Å². The Morgan fingerprint density at radius 1 is 1.16 bits per heavy atom. The fraction of sp³-hybridized carbons (Fsp3) is 0.304. The zero-order chi connectivity index (χ0) is 21.4. The van der Waals surface area contributed by atoms with Crippen molar-refractivity contribution in [2.45, 2.75) is 32.7 Å². The third kappa shape index (κ3) is 3.48. The topological polar surface area (TPSA) is 77.0 Å². The maximum atomic E-state index is 15.0. The first-order chi connectivity index (χ1) is 15.2. The minimum Gasteiger partial charge on any atom is -0.369 e. The van der Waals surface area contributed by atoms with Crippen LogP contribution in [0.1, 0.15) is 26.2 Å². The molecule has 31 heavy (non-hydrogen) atoms. The van der Waals surface area contributed by atoms with Gasteiger partial charge in [-0.3, -0.25) is 9.78 Å². The number of pyridine rings is 2. The molecule has 8 heteroatoms. The van der Waals surface area contributed by atoms with Gasteiger partial charge in [-0.1, -0.05) is 11.2 Å². The molecule has 0 atom stereocenters. The quantitative estimate of drug-likeness (QED) is 0.492. The van der Waals surface area contributed by atoms with Crippen LogP contribution in [0.5, 0.6) is 0 Å². The number of piperidine rings is 1. The van der Waals surface area contributed by atoms with Crippen molar-refractivity contribution in [1.82, 2.24) is 19.7 Å². The van der Waals surface area contributed by atoms with Gasteiger partial charge in [-0.2, -0.15) is 4.98 Å². The number of hydrogen-bond acceptors (Lipinski definition) is 6. The average Bonchev–Trinajstić information content (AvgIpc) is 3.30. The third-order valence-electron chi connectivity index (χ3n) is 5.74. The summed E-state index contributed by atoms with van der Waals surface area (Å²) >= 11 is 0. The van der Waals surface area contributed by atoms with Gasteiger partial charge in [0.1, 0.15) is 17.1 Å². The Labute approximate surface area is 178 Å². The summed E-state index contributed by atoms with van der Waals surface area (Å²) in [6.45, 7) is 4.24. The molecule has 1 saturated heterocycles. The molecule has 0 saturated carbocycles. The maximum absolute atomic E-state index is 15.0. The number of rotatable bonds is 4. The van der Waals surface area contributed by atoms with Gasteiger partial charge in [0, 0.05) is 37.4 Å². The molecule has 1 fully saturated rings. The van der Waals surface area contributed by atoms with E-state index in [9.17, 15) is 4.79 Å². The van der Waals surface area contributed by atoms with Crippen LogP contribution in [0.15, 0.2) is 52.0 Å². The van der Waals surface area contributed by atoms with E-state index in [-0.39, 0.29) is 22.7 Å². The first kappa shape index (κ1) is 19.4. The molecule has 0 bridgehead atoms. The lowest BCUT2D eigenvalue weighted by Crippen LogP contribution is -2.30. The molecule has 158 valence electrons. The van der Waals surface area contributed by atoms with Gasteiger partial charge >= 0.3 is 0 Å². The molecule has 0 radical (unpaired) electrons. The summed E-state index contributed by atoms with van der Waals surface area (Å²) in [7, 11) is 0. The second-order valence-corrected chi connectivity index (χ2v) is 7.66. The summed E-state index contributed by atoms with van der Waals surface area (Å²) in [5, 5.41) is 4.26. The molecular weight excluding hydrogens is 397 g/mol. The molecule has 3 aromatic heterocycles. The van der Waals surface area contributed by atoms with Crippen LogP contribution in [0.3, 0.4) is 0 Å². The molecule has 0 N–H and O–H groups in total. The summed E-state index contributed by atoms with van der Waals surface area (Å²) in [6.07, 6.45) is 6.60. The van der Waals surface area contributed by atoms with Crippen molar-refractivity contribution in [1.29, 1.82) is 0 Å². The predicted octanol–water partition coefficient (Wildman–Crippen LogP) is 4.26. The standard InChI is InChI=1S/C23H22FN5O2/c1-2-28-14-16(23-26-22(27-31-23)18-8-4-5-9-25-18)21(30)15-12-17(24)20(13-19(15)28)29-10-6-3-7-11-29/h4-5,8-9,12-14H,2-3,6-7,10-11H2,1H3. The van der Waals surface area contributed by atoms with E-state index < -0.39 is 0 Å². The molecule has 1 aliphatic heterocycles. The van der Waals surface area contributed by atoms with Crippen molar-refractivity contribution in [2.75, 3.05) is 18.0 Å². The molecule has 4 aromatic rings.